The fourth-order valence-corrected chi connectivity index (χ4v) is 2.22. The molecule has 0 spiro atoms. The van der Waals surface area contributed by atoms with Crippen molar-refractivity contribution in [3.05, 3.63) is 65.2 Å². The van der Waals surface area contributed by atoms with Gasteiger partial charge >= 0.3 is 0 Å². The molecule has 2 aromatic rings. The summed E-state index contributed by atoms with van der Waals surface area (Å²) in [6, 6.07) is 15.2. The maximum Gasteiger partial charge on any atom is 0.271 e. The van der Waals surface area contributed by atoms with Gasteiger partial charge in [-0.15, -0.1) is 0 Å². The Hall–Kier alpha value is -2.62. The van der Waals surface area contributed by atoms with Crippen molar-refractivity contribution in [3.8, 4) is 5.75 Å². The van der Waals surface area contributed by atoms with Gasteiger partial charge in [0.15, 0.2) is 0 Å². The van der Waals surface area contributed by atoms with E-state index >= 15 is 0 Å². The minimum absolute atomic E-state index is 0.0696. The van der Waals surface area contributed by atoms with Crippen molar-refractivity contribution in [2.45, 2.75) is 39.5 Å². The number of hydrogen-bond acceptors (Lipinski definition) is 3. The first-order chi connectivity index (χ1) is 11.9. The number of nitrogens with zero attached hydrogens (tertiary/aromatic N) is 1. The van der Waals surface area contributed by atoms with Crippen LogP contribution in [-0.2, 0) is 5.41 Å². The molecule has 0 aliphatic rings. The molecule has 1 N–H and O–H groups in total. The number of rotatable bonds is 6. The topological polar surface area (TPSA) is 50.7 Å². The first-order valence-electron chi connectivity index (χ1n) is 8.57. The second-order valence-corrected chi connectivity index (χ2v) is 6.94. The van der Waals surface area contributed by atoms with E-state index in [0.29, 0.717) is 12.2 Å². The second-order valence-electron chi connectivity index (χ2n) is 6.94. The molecular weight excluding hydrogens is 312 g/mol. The van der Waals surface area contributed by atoms with Crippen LogP contribution in [0.15, 0.2) is 53.6 Å². The van der Waals surface area contributed by atoms with Crippen molar-refractivity contribution in [1.82, 2.24) is 5.43 Å². The molecule has 0 saturated heterocycles. The van der Waals surface area contributed by atoms with Gasteiger partial charge < -0.3 is 4.74 Å². The lowest BCUT2D eigenvalue weighted by Gasteiger charge is -2.18. The van der Waals surface area contributed by atoms with E-state index in [4.69, 9.17) is 4.74 Å². The molecule has 25 heavy (non-hydrogen) atoms. The van der Waals surface area contributed by atoms with Gasteiger partial charge in [0.2, 0.25) is 0 Å². The Morgan fingerprint density at radius 1 is 1.08 bits per heavy atom. The van der Waals surface area contributed by atoms with Crippen LogP contribution in [0.4, 0.5) is 0 Å². The number of amides is 1. The van der Waals surface area contributed by atoms with Crippen LogP contribution in [-0.4, -0.2) is 18.7 Å². The Labute approximate surface area is 149 Å². The van der Waals surface area contributed by atoms with Gasteiger partial charge in [-0.05, 0) is 59.4 Å². The molecule has 0 aromatic heterocycles. The molecule has 2 aromatic carbocycles. The van der Waals surface area contributed by atoms with Crippen LogP contribution in [0.5, 0.6) is 5.75 Å². The smallest absolute Gasteiger partial charge is 0.271 e. The van der Waals surface area contributed by atoms with E-state index < -0.39 is 0 Å². The average molecular weight is 338 g/mol. The number of ether oxygens (including phenoxy) is 1. The van der Waals surface area contributed by atoms with Crippen molar-refractivity contribution >= 4 is 12.1 Å². The van der Waals surface area contributed by atoms with E-state index in [1.165, 1.54) is 5.56 Å². The molecule has 0 unspecified atom stereocenters. The van der Waals surface area contributed by atoms with Crippen molar-refractivity contribution in [2.75, 3.05) is 6.61 Å². The summed E-state index contributed by atoms with van der Waals surface area (Å²) in [5, 5.41) is 4.02. The lowest BCUT2D eigenvalue weighted by Crippen LogP contribution is -2.18. The number of hydrogen-bond donors (Lipinski definition) is 1. The van der Waals surface area contributed by atoms with E-state index in [1.807, 2.05) is 48.5 Å². The van der Waals surface area contributed by atoms with E-state index in [0.717, 1.165) is 17.7 Å². The van der Waals surface area contributed by atoms with Gasteiger partial charge in [0, 0.05) is 5.56 Å². The Morgan fingerprint density at radius 3 is 2.28 bits per heavy atom. The number of carbonyl (C=O) groups excluding carboxylic acids is 1. The first-order valence-corrected chi connectivity index (χ1v) is 8.57. The molecule has 1 amide bonds. The molecule has 2 rings (SSSR count). The minimum Gasteiger partial charge on any atom is -0.494 e. The van der Waals surface area contributed by atoms with Gasteiger partial charge in [-0.1, -0.05) is 39.8 Å². The van der Waals surface area contributed by atoms with Crippen LogP contribution < -0.4 is 10.2 Å². The van der Waals surface area contributed by atoms with Gasteiger partial charge in [-0.3, -0.25) is 4.79 Å². The van der Waals surface area contributed by atoms with Gasteiger partial charge in [-0.2, -0.15) is 5.10 Å². The van der Waals surface area contributed by atoms with Crippen LogP contribution in [0, 0.1) is 0 Å². The number of hydrazone groups is 1. The zero-order valence-electron chi connectivity index (χ0n) is 15.4. The Kier molecular flexibility index (Phi) is 6.34. The predicted octanol–water partition coefficient (Wildman–Crippen LogP) is 4.54. The third-order valence-corrected chi connectivity index (χ3v) is 3.75. The van der Waals surface area contributed by atoms with Crippen LogP contribution in [0.25, 0.3) is 0 Å². The normalized spacial score (nSPS) is 11.5. The predicted molar refractivity (Wildman–Crippen MR) is 102 cm³/mol. The number of nitrogens with one attached hydrogen (secondary N) is 1. The largest absolute Gasteiger partial charge is 0.494 e. The highest BCUT2D eigenvalue weighted by Gasteiger charge is 2.14. The van der Waals surface area contributed by atoms with E-state index in [2.05, 4.69) is 38.2 Å². The second kappa shape index (κ2) is 8.47. The summed E-state index contributed by atoms with van der Waals surface area (Å²) >= 11 is 0. The standard InChI is InChI=1S/C21H26N2O2/c1-5-14-25-19-12-6-16(7-13-19)15-22-23-20(24)17-8-10-18(11-9-17)21(2,3)4/h6-13,15H,5,14H2,1-4H3,(H,23,24). The number of carbonyl (C=O) groups is 1. The molecule has 0 bridgehead atoms. The summed E-state index contributed by atoms with van der Waals surface area (Å²) in [7, 11) is 0. The van der Waals surface area contributed by atoms with E-state index in [-0.39, 0.29) is 11.3 Å². The van der Waals surface area contributed by atoms with Crippen molar-refractivity contribution in [3.63, 3.8) is 0 Å². The maximum absolute atomic E-state index is 12.1. The summed E-state index contributed by atoms with van der Waals surface area (Å²) in [4.78, 5) is 12.1. The molecule has 0 heterocycles. The zero-order valence-corrected chi connectivity index (χ0v) is 15.4. The lowest BCUT2D eigenvalue weighted by atomic mass is 9.87. The highest BCUT2D eigenvalue weighted by Crippen LogP contribution is 2.22. The highest BCUT2D eigenvalue weighted by atomic mass is 16.5. The van der Waals surface area contributed by atoms with Crippen LogP contribution in [0.3, 0.4) is 0 Å². The summed E-state index contributed by atoms with van der Waals surface area (Å²) in [5.41, 5.74) is 5.30. The first kappa shape index (κ1) is 18.7. The quantitative estimate of drug-likeness (QED) is 0.621. The van der Waals surface area contributed by atoms with Crippen LogP contribution in [0.2, 0.25) is 0 Å². The third kappa shape index (κ3) is 5.75. The molecule has 4 heteroatoms. The molecule has 0 aliphatic heterocycles. The average Bonchev–Trinajstić information content (AvgIpc) is 2.60. The molecule has 4 nitrogen and oxygen atoms in total. The fourth-order valence-electron chi connectivity index (χ4n) is 2.22. The summed E-state index contributed by atoms with van der Waals surface area (Å²) < 4.78 is 5.53. The molecular formula is C21H26N2O2. The molecule has 0 radical (unpaired) electrons. The monoisotopic (exact) mass is 338 g/mol. The molecule has 0 saturated carbocycles. The zero-order chi connectivity index (χ0) is 18.3. The molecule has 132 valence electrons. The fraction of sp³-hybridized carbons (Fsp3) is 0.333. The van der Waals surface area contributed by atoms with Crippen molar-refractivity contribution in [2.24, 2.45) is 5.10 Å². The summed E-state index contributed by atoms with van der Waals surface area (Å²) in [6.07, 6.45) is 2.59. The Bertz CT molecular complexity index is 711. The van der Waals surface area contributed by atoms with Crippen molar-refractivity contribution < 1.29 is 9.53 Å². The maximum atomic E-state index is 12.1. The Morgan fingerprint density at radius 2 is 1.72 bits per heavy atom. The highest BCUT2D eigenvalue weighted by molar-refractivity contribution is 5.94. The molecule has 0 fully saturated rings. The van der Waals surface area contributed by atoms with Gasteiger partial charge in [0.05, 0.1) is 12.8 Å². The van der Waals surface area contributed by atoms with Crippen LogP contribution >= 0.6 is 0 Å². The van der Waals surface area contributed by atoms with Gasteiger partial charge in [-0.25, -0.2) is 5.43 Å². The molecule has 0 aliphatic carbocycles. The van der Waals surface area contributed by atoms with Gasteiger partial charge in [0.25, 0.3) is 5.91 Å². The van der Waals surface area contributed by atoms with Gasteiger partial charge in [0.1, 0.15) is 5.75 Å². The van der Waals surface area contributed by atoms with Crippen LogP contribution in [0.1, 0.15) is 55.6 Å². The third-order valence-electron chi connectivity index (χ3n) is 3.75. The van der Waals surface area contributed by atoms with E-state index in [1.54, 1.807) is 6.21 Å². The molecule has 0 atom stereocenters. The summed E-state index contributed by atoms with van der Waals surface area (Å²) in [6.45, 7) is 9.21. The SMILES string of the molecule is CCCOc1ccc(C=NNC(=O)c2ccc(C(C)(C)C)cc2)cc1. The van der Waals surface area contributed by atoms with E-state index in [9.17, 15) is 4.79 Å². The van der Waals surface area contributed by atoms with Crippen molar-refractivity contribution in [1.29, 1.82) is 0 Å². The lowest BCUT2D eigenvalue weighted by molar-refractivity contribution is 0.0955. The Balaban J connectivity index is 1.91. The minimum atomic E-state index is -0.223. The number of benzene rings is 2. The summed E-state index contributed by atoms with van der Waals surface area (Å²) in [5.74, 6) is 0.613.